The Morgan fingerprint density at radius 1 is 1.20 bits per heavy atom. The number of aromatic nitrogens is 2. The van der Waals surface area contributed by atoms with Crippen LogP contribution in [0.4, 0.5) is 0 Å². The van der Waals surface area contributed by atoms with Crippen LogP contribution in [0.1, 0.15) is 18.5 Å². The summed E-state index contributed by atoms with van der Waals surface area (Å²) in [6.07, 6.45) is 0. The number of benzene rings is 2. The molecule has 0 bridgehead atoms. The first-order valence-corrected chi connectivity index (χ1v) is 9.97. The van der Waals surface area contributed by atoms with Crippen molar-refractivity contribution in [1.29, 1.82) is 0 Å². The van der Waals surface area contributed by atoms with Crippen LogP contribution in [0.25, 0.3) is 5.69 Å². The van der Waals surface area contributed by atoms with Crippen LogP contribution in [0.15, 0.2) is 65.0 Å². The van der Waals surface area contributed by atoms with Crippen LogP contribution in [0.2, 0.25) is 0 Å². The van der Waals surface area contributed by atoms with Crippen molar-refractivity contribution in [3.63, 3.8) is 0 Å². The molecule has 3 aromatic rings. The fourth-order valence-corrected chi connectivity index (χ4v) is 4.46. The molecule has 4 nitrogen and oxygen atoms in total. The van der Waals surface area contributed by atoms with Crippen LogP contribution in [-0.2, 0) is 4.79 Å². The van der Waals surface area contributed by atoms with Crippen molar-refractivity contribution in [2.75, 3.05) is 5.75 Å². The Morgan fingerprint density at radius 2 is 1.84 bits per heavy atom. The molecule has 1 atom stereocenters. The zero-order chi connectivity index (χ0) is 17.6. The smallest absolute Gasteiger partial charge is 0.230 e. The molecule has 0 spiro atoms. The summed E-state index contributed by atoms with van der Waals surface area (Å²) >= 11 is 8.19. The molecule has 7 heteroatoms. The van der Waals surface area contributed by atoms with Crippen molar-refractivity contribution in [2.24, 2.45) is 0 Å². The number of carbonyl (C=O) groups excluding carboxylic acids is 1. The molecule has 1 amide bonds. The maximum atomic E-state index is 12.2. The maximum Gasteiger partial charge on any atom is 0.230 e. The van der Waals surface area contributed by atoms with Crippen LogP contribution in [0, 0.1) is 3.95 Å². The first-order chi connectivity index (χ1) is 12.1. The normalized spacial score (nSPS) is 11.9. The minimum atomic E-state index is -0.0197. The van der Waals surface area contributed by atoms with Gasteiger partial charge in [-0.3, -0.25) is 4.79 Å². The lowest BCUT2D eigenvalue weighted by Gasteiger charge is -2.13. The SMILES string of the molecule is C[C@H](NC(=O)CSc1nn(-c2ccccc2)c(=S)s1)c1ccccc1. The van der Waals surface area contributed by atoms with Crippen LogP contribution < -0.4 is 5.32 Å². The minimum Gasteiger partial charge on any atom is -0.349 e. The highest BCUT2D eigenvalue weighted by Crippen LogP contribution is 2.24. The third kappa shape index (κ3) is 4.78. The quantitative estimate of drug-likeness (QED) is 0.495. The highest BCUT2D eigenvalue weighted by atomic mass is 32.2. The molecule has 1 aromatic heterocycles. The van der Waals surface area contributed by atoms with Gasteiger partial charge >= 0.3 is 0 Å². The van der Waals surface area contributed by atoms with Gasteiger partial charge in [0.1, 0.15) is 0 Å². The van der Waals surface area contributed by atoms with E-state index in [1.165, 1.54) is 23.1 Å². The molecule has 0 fully saturated rings. The number of thioether (sulfide) groups is 1. The van der Waals surface area contributed by atoms with Gasteiger partial charge in [-0.05, 0) is 36.8 Å². The second kappa shape index (κ2) is 8.42. The Morgan fingerprint density at radius 3 is 2.52 bits per heavy atom. The summed E-state index contributed by atoms with van der Waals surface area (Å²) in [4.78, 5) is 12.2. The van der Waals surface area contributed by atoms with E-state index in [4.69, 9.17) is 12.2 Å². The largest absolute Gasteiger partial charge is 0.349 e. The summed E-state index contributed by atoms with van der Waals surface area (Å²) in [6, 6.07) is 19.6. The van der Waals surface area contributed by atoms with Crippen molar-refractivity contribution in [1.82, 2.24) is 15.1 Å². The lowest BCUT2D eigenvalue weighted by molar-refractivity contribution is -0.119. The summed E-state index contributed by atoms with van der Waals surface area (Å²) in [5.74, 6) is 0.294. The number of nitrogens with one attached hydrogen (secondary N) is 1. The van der Waals surface area contributed by atoms with Gasteiger partial charge in [0.25, 0.3) is 0 Å². The second-order valence-corrected chi connectivity index (χ2v) is 8.21. The standard InChI is InChI=1S/C18H17N3OS3/c1-13(14-8-4-2-5-9-14)19-16(22)12-24-17-20-21(18(23)25-17)15-10-6-3-7-11-15/h2-11,13H,12H2,1H3,(H,19,22)/t13-/m0/s1. The van der Waals surface area contributed by atoms with Crippen molar-refractivity contribution in [2.45, 2.75) is 17.3 Å². The number of amides is 1. The average Bonchev–Trinajstić information content (AvgIpc) is 3.02. The van der Waals surface area contributed by atoms with Gasteiger partial charge < -0.3 is 5.32 Å². The van der Waals surface area contributed by atoms with E-state index in [0.717, 1.165) is 15.6 Å². The second-order valence-electron chi connectivity index (χ2n) is 5.37. The summed E-state index contributed by atoms with van der Waals surface area (Å²) in [5, 5.41) is 7.51. The van der Waals surface area contributed by atoms with Gasteiger partial charge in [-0.25, -0.2) is 4.68 Å². The summed E-state index contributed by atoms with van der Waals surface area (Å²) in [5.41, 5.74) is 2.02. The van der Waals surface area contributed by atoms with Gasteiger partial charge in [0.2, 0.25) is 5.91 Å². The van der Waals surface area contributed by atoms with Gasteiger partial charge in [-0.2, -0.15) is 0 Å². The summed E-state index contributed by atoms with van der Waals surface area (Å²) in [6.45, 7) is 1.98. The Hall–Kier alpha value is -1.96. The number of hydrogen-bond donors (Lipinski definition) is 1. The fourth-order valence-electron chi connectivity index (χ4n) is 2.29. The molecular formula is C18H17N3OS3. The van der Waals surface area contributed by atoms with Gasteiger partial charge in [0, 0.05) is 0 Å². The van der Waals surface area contributed by atoms with E-state index in [1.807, 2.05) is 67.6 Å². The average molecular weight is 388 g/mol. The molecular weight excluding hydrogens is 370 g/mol. The number of hydrogen-bond acceptors (Lipinski definition) is 5. The number of rotatable bonds is 6. The van der Waals surface area contributed by atoms with Gasteiger partial charge in [-0.15, -0.1) is 5.10 Å². The molecule has 0 saturated heterocycles. The lowest BCUT2D eigenvalue weighted by Crippen LogP contribution is -2.28. The van der Waals surface area contributed by atoms with Crippen molar-refractivity contribution >= 4 is 41.2 Å². The molecule has 25 heavy (non-hydrogen) atoms. The molecule has 0 unspecified atom stereocenters. The first-order valence-electron chi connectivity index (χ1n) is 7.76. The lowest BCUT2D eigenvalue weighted by atomic mass is 10.1. The molecule has 0 aliphatic heterocycles. The van der Waals surface area contributed by atoms with Crippen LogP contribution in [-0.4, -0.2) is 21.4 Å². The van der Waals surface area contributed by atoms with E-state index in [1.54, 1.807) is 4.68 Å². The van der Waals surface area contributed by atoms with Crippen molar-refractivity contribution < 1.29 is 4.79 Å². The monoisotopic (exact) mass is 387 g/mol. The Balaban J connectivity index is 1.59. The Bertz CT molecular complexity index is 891. The van der Waals surface area contributed by atoms with E-state index < -0.39 is 0 Å². The van der Waals surface area contributed by atoms with E-state index >= 15 is 0 Å². The van der Waals surface area contributed by atoms with Crippen LogP contribution >= 0.6 is 35.3 Å². The van der Waals surface area contributed by atoms with E-state index in [9.17, 15) is 4.79 Å². The predicted octanol–water partition coefficient (Wildman–Crippen LogP) is 4.63. The Kier molecular flexibility index (Phi) is 6.01. The molecule has 0 saturated carbocycles. The highest BCUT2D eigenvalue weighted by Gasteiger charge is 2.12. The topological polar surface area (TPSA) is 46.9 Å². The van der Waals surface area contributed by atoms with Gasteiger partial charge in [-0.1, -0.05) is 71.6 Å². The highest BCUT2D eigenvalue weighted by molar-refractivity contribution is 8.01. The van der Waals surface area contributed by atoms with E-state index in [0.29, 0.717) is 9.71 Å². The number of carbonyl (C=O) groups is 1. The molecule has 0 aliphatic rings. The number of nitrogens with zero attached hydrogens (tertiary/aromatic N) is 2. The molecule has 1 heterocycles. The molecule has 3 rings (SSSR count). The minimum absolute atomic E-state index is 0.0191. The molecule has 0 radical (unpaired) electrons. The zero-order valence-electron chi connectivity index (χ0n) is 13.6. The zero-order valence-corrected chi connectivity index (χ0v) is 16.0. The van der Waals surface area contributed by atoms with Crippen LogP contribution in [0.3, 0.4) is 0 Å². The van der Waals surface area contributed by atoms with Crippen LogP contribution in [0.5, 0.6) is 0 Å². The number of para-hydroxylation sites is 1. The van der Waals surface area contributed by atoms with E-state index in [2.05, 4.69) is 10.4 Å². The third-order valence-electron chi connectivity index (χ3n) is 3.53. The van der Waals surface area contributed by atoms with Crippen molar-refractivity contribution in [3.8, 4) is 5.69 Å². The summed E-state index contributed by atoms with van der Waals surface area (Å²) in [7, 11) is 0. The first kappa shape index (κ1) is 17.8. The molecule has 128 valence electrons. The molecule has 2 aromatic carbocycles. The van der Waals surface area contributed by atoms with Gasteiger partial charge in [0.05, 0.1) is 17.5 Å². The molecule has 0 aliphatic carbocycles. The molecule has 1 N–H and O–H groups in total. The Labute approximate surface area is 159 Å². The third-order valence-corrected chi connectivity index (χ3v) is 5.90. The fraction of sp³-hybridized carbons (Fsp3) is 0.167. The van der Waals surface area contributed by atoms with Crippen molar-refractivity contribution in [3.05, 3.63) is 70.2 Å². The predicted molar refractivity (Wildman–Crippen MR) is 106 cm³/mol. The summed E-state index contributed by atoms with van der Waals surface area (Å²) < 4.78 is 3.19. The maximum absolute atomic E-state index is 12.2. The van der Waals surface area contributed by atoms with Gasteiger partial charge in [0.15, 0.2) is 8.29 Å². The van der Waals surface area contributed by atoms with E-state index in [-0.39, 0.29) is 11.9 Å².